The summed E-state index contributed by atoms with van der Waals surface area (Å²) >= 11 is 0. The Kier molecular flexibility index (Phi) is 1.87. The summed E-state index contributed by atoms with van der Waals surface area (Å²) in [5, 5.41) is 0. The average molecular weight is 205 g/mol. The van der Waals surface area contributed by atoms with Crippen LogP contribution in [0, 0.1) is 0 Å². The van der Waals surface area contributed by atoms with E-state index in [0.717, 1.165) is 0 Å². The number of nitrogens with one attached hydrogen (secondary N) is 1. The predicted molar refractivity (Wildman–Crippen MR) is 56.1 cm³/mol. The van der Waals surface area contributed by atoms with Crippen molar-refractivity contribution in [1.82, 2.24) is 4.98 Å². The van der Waals surface area contributed by atoms with Crippen molar-refractivity contribution in [3.05, 3.63) is 23.0 Å². The van der Waals surface area contributed by atoms with Gasteiger partial charge in [0.2, 0.25) is 0 Å². The first-order valence-electron chi connectivity index (χ1n) is 5.69. The Labute approximate surface area is 88.8 Å². The molecule has 15 heavy (non-hydrogen) atoms. The van der Waals surface area contributed by atoms with Gasteiger partial charge in [0.1, 0.15) is 5.69 Å². The van der Waals surface area contributed by atoms with E-state index in [0.29, 0.717) is 24.1 Å². The lowest BCUT2D eigenvalue weighted by atomic mass is 9.94. The second-order valence-electron chi connectivity index (χ2n) is 4.46. The molecule has 0 unspecified atom stereocenters. The maximum atomic E-state index is 11.7. The summed E-state index contributed by atoms with van der Waals surface area (Å²) in [5.41, 5.74) is 3.33. The third-order valence-corrected chi connectivity index (χ3v) is 3.71. The van der Waals surface area contributed by atoms with Crippen molar-refractivity contribution in [3.8, 4) is 0 Å². The van der Waals surface area contributed by atoms with Crippen LogP contribution >= 0.6 is 0 Å². The highest BCUT2D eigenvalue weighted by Gasteiger charge is 2.40. The first-order valence-corrected chi connectivity index (χ1v) is 5.69. The summed E-state index contributed by atoms with van der Waals surface area (Å²) in [6, 6.07) is 0. The molecule has 0 radical (unpaired) electrons. The number of esters is 1. The number of rotatable bonds is 2. The second-order valence-corrected chi connectivity index (χ2v) is 4.46. The van der Waals surface area contributed by atoms with Gasteiger partial charge in [0, 0.05) is 6.20 Å². The highest BCUT2D eigenvalue weighted by molar-refractivity contribution is 5.90. The van der Waals surface area contributed by atoms with Crippen LogP contribution in [0.2, 0.25) is 0 Å². The number of aromatic nitrogens is 1. The molecular formula is C12H15NO2. The molecule has 2 aliphatic rings. The van der Waals surface area contributed by atoms with E-state index >= 15 is 0 Å². The van der Waals surface area contributed by atoms with Gasteiger partial charge in [0.25, 0.3) is 0 Å². The number of H-pyrrole nitrogens is 1. The van der Waals surface area contributed by atoms with Gasteiger partial charge < -0.3 is 9.72 Å². The van der Waals surface area contributed by atoms with Gasteiger partial charge in [0.05, 0.1) is 6.61 Å². The fourth-order valence-electron chi connectivity index (χ4n) is 3.13. The van der Waals surface area contributed by atoms with Crippen LogP contribution in [0.4, 0.5) is 0 Å². The minimum absolute atomic E-state index is 0.189. The summed E-state index contributed by atoms with van der Waals surface area (Å²) in [6.07, 6.45) is 5.77. The van der Waals surface area contributed by atoms with Gasteiger partial charge in [-0.15, -0.1) is 0 Å². The molecule has 3 rings (SSSR count). The first-order chi connectivity index (χ1) is 7.31. The average Bonchev–Trinajstić information content (AvgIpc) is 2.90. The Morgan fingerprint density at radius 2 is 2.33 bits per heavy atom. The highest BCUT2D eigenvalue weighted by atomic mass is 16.5. The van der Waals surface area contributed by atoms with Crippen molar-refractivity contribution < 1.29 is 9.53 Å². The third kappa shape index (κ3) is 1.15. The number of carbonyl (C=O) groups is 1. The smallest absolute Gasteiger partial charge is 0.355 e. The zero-order valence-electron chi connectivity index (χ0n) is 8.88. The van der Waals surface area contributed by atoms with Crippen LogP contribution in [0.25, 0.3) is 0 Å². The summed E-state index contributed by atoms with van der Waals surface area (Å²) in [7, 11) is 0. The van der Waals surface area contributed by atoms with E-state index in [1.165, 1.54) is 30.4 Å². The van der Waals surface area contributed by atoms with Gasteiger partial charge in [-0.25, -0.2) is 4.79 Å². The molecule has 0 aliphatic heterocycles. The van der Waals surface area contributed by atoms with Crippen LogP contribution in [0.3, 0.4) is 0 Å². The second kappa shape index (κ2) is 3.12. The molecule has 1 N–H and O–H groups in total. The molecule has 2 aliphatic carbocycles. The van der Waals surface area contributed by atoms with Gasteiger partial charge >= 0.3 is 5.97 Å². The van der Waals surface area contributed by atoms with Gasteiger partial charge in [-0.05, 0) is 49.1 Å². The van der Waals surface area contributed by atoms with E-state index in [-0.39, 0.29) is 5.97 Å². The van der Waals surface area contributed by atoms with E-state index in [9.17, 15) is 4.79 Å². The molecule has 0 aromatic carbocycles. The number of hydrogen-bond acceptors (Lipinski definition) is 2. The molecule has 1 aromatic rings. The van der Waals surface area contributed by atoms with Crippen molar-refractivity contribution in [2.45, 2.75) is 38.0 Å². The normalized spacial score (nSPS) is 26.7. The Morgan fingerprint density at radius 3 is 3.13 bits per heavy atom. The fourth-order valence-corrected chi connectivity index (χ4v) is 3.13. The van der Waals surface area contributed by atoms with Gasteiger partial charge in [-0.1, -0.05) is 0 Å². The lowest BCUT2D eigenvalue weighted by Gasteiger charge is -2.11. The summed E-state index contributed by atoms with van der Waals surface area (Å²) in [4.78, 5) is 14.8. The summed E-state index contributed by atoms with van der Waals surface area (Å²) < 4.78 is 5.05. The molecule has 0 spiro atoms. The third-order valence-electron chi connectivity index (χ3n) is 3.71. The lowest BCUT2D eigenvalue weighted by molar-refractivity contribution is 0.0518. The van der Waals surface area contributed by atoms with Crippen molar-refractivity contribution in [3.63, 3.8) is 0 Å². The van der Waals surface area contributed by atoms with Gasteiger partial charge in [-0.3, -0.25) is 0 Å². The van der Waals surface area contributed by atoms with Crippen LogP contribution in [-0.4, -0.2) is 17.6 Å². The molecule has 1 aromatic heterocycles. The van der Waals surface area contributed by atoms with Gasteiger partial charge in [0.15, 0.2) is 0 Å². The fraction of sp³-hybridized carbons (Fsp3) is 0.583. The zero-order valence-corrected chi connectivity index (χ0v) is 8.88. The van der Waals surface area contributed by atoms with Crippen molar-refractivity contribution >= 4 is 5.97 Å². The monoisotopic (exact) mass is 205 g/mol. The Balaban J connectivity index is 1.99. The molecule has 80 valence electrons. The van der Waals surface area contributed by atoms with E-state index in [2.05, 4.69) is 4.98 Å². The van der Waals surface area contributed by atoms with E-state index in [1.54, 1.807) is 0 Å². The molecule has 2 bridgehead atoms. The Bertz CT molecular complexity index is 408. The molecule has 2 atom stereocenters. The van der Waals surface area contributed by atoms with E-state index in [4.69, 9.17) is 4.74 Å². The molecule has 3 nitrogen and oxygen atoms in total. The van der Waals surface area contributed by atoms with Crippen LogP contribution < -0.4 is 0 Å². The molecule has 1 heterocycles. The first kappa shape index (κ1) is 9.01. The largest absolute Gasteiger partial charge is 0.461 e. The zero-order chi connectivity index (χ0) is 10.4. The van der Waals surface area contributed by atoms with Crippen LogP contribution in [-0.2, 0) is 4.74 Å². The lowest BCUT2D eigenvalue weighted by Crippen LogP contribution is -2.09. The summed E-state index contributed by atoms with van der Waals surface area (Å²) in [6.45, 7) is 2.29. The van der Waals surface area contributed by atoms with Crippen molar-refractivity contribution in [1.29, 1.82) is 0 Å². The molecular weight excluding hydrogens is 190 g/mol. The molecule has 1 saturated carbocycles. The number of ether oxygens (including phenoxy) is 1. The van der Waals surface area contributed by atoms with Crippen molar-refractivity contribution in [2.75, 3.05) is 6.61 Å². The Morgan fingerprint density at radius 1 is 1.53 bits per heavy atom. The SMILES string of the molecule is CCOC(=O)c1[nH]cc2c1[C@H]1CC[C@@H]2C1. The maximum Gasteiger partial charge on any atom is 0.355 e. The molecule has 3 heteroatoms. The standard InChI is InChI=1S/C12H15NO2/c1-2-15-12(14)11-10-8-4-3-7(5-8)9(10)6-13-11/h6-8,13H,2-5H2,1H3/t7-,8+/m1/s1. The number of carbonyl (C=O) groups excluding carboxylic acids is 1. The summed E-state index contributed by atoms with van der Waals surface area (Å²) in [5.74, 6) is 1.12. The van der Waals surface area contributed by atoms with Crippen LogP contribution in [0.1, 0.15) is 59.6 Å². The van der Waals surface area contributed by atoms with E-state index in [1.807, 2.05) is 13.1 Å². The quantitative estimate of drug-likeness (QED) is 0.754. The number of hydrogen-bond donors (Lipinski definition) is 1. The minimum atomic E-state index is -0.189. The molecule has 0 amide bonds. The topological polar surface area (TPSA) is 42.1 Å². The van der Waals surface area contributed by atoms with E-state index < -0.39 is 0 Å². The van der Waals surface area contributed by atoms with Crippen LogP contribution in [0.5, 0.6) is 0 Å². The Hall–Kier alpha value is -1.25. The van der Waals surface area contributed by atoms with Crippen LogP contribution in [0.15, 0.2) is 6.20 Å². The highest BCUT2D eigenvalue weighted by Crippen LogP contribution is 2.54. The van der Waals surface area contributed by atoms with Gasteiger partial charge in [-0.2, -0.15) is 0 Å². The number of aromatic amines is 1. The predicted octanol–water partition coefficient (Wildman–Crippen LogP) is 2.56. The van der Waals surface area contributed by atoms with Crippen molar-refractivity contribution in [2.24, 2.45) is 0 Å². The molecule has 1 fully saturated rings. The minimum Gasteiger partial charge on any atom is -0.461 e. The maximum absolute atomic E-state index is 11.7. The number of fused-ring (bicyclic) bond motifs is 5. The molecule has 0 saturated heterocycles.